The standard InChI is InChI=1S/C13H14F3NO2/c14-13(15,16)10-2-1-9(8-18)12(7-10)17-5-3-11(19)4-6-17/h1-2,7-8,11,19H,3-6H2/p+1. The zero-order chi connectivity index (χ0) is 14.0. The Balaban J connectivity index is 2.34. The molecule has 1 saturated heterocycles. The Morgan fingerprint density at radius 3 is 2.42 bits per heavy atom. The lowest BCUT2D eigenvalue weighted by molar-refractivity contribution is -0.137. The molecular weight excluding hydrogens is 259 g/mol. The van der Waals surface area contributed by atoms with Crippen molar-refractivity contribution in [2.75, 3.05) is 18.0 Å². The van der Waals surface area contributed by atoms with Crippen LogP contribution in [0.5, 0.6) is 0 Å². The molecule has 0 aromatic heterocycles. The maximum absolute atomic E-state index is 12.7. The third-order valence-electron chi connectivity index (χ3n) is 3.32. The molecule has 0 aliphatic carbocycles. The van der Waals surface area contributed by atoms with Crippen LogP contribution in [0.15, 0.2) is 18.2 Å². The number of alkyl halides is 3. The van der Waals surface area contributed by atoms with Crippen molar-refractivity contribution in [2.45, 2.75) is 25.1 Å². The predicted octanol–water partition coefficient (Wildman–Crippen LogP) is 2.21. The molecule has 1 heterocycles. The molecule has 104 valence electrons. The molecule has 1 fully saturated rings. The Labute approximate surface area is 108 Å². The molecule has 2 rings (SSSR count). The normalized spacial score (nSPS) is 17.6. The Hall–Kier alpha value is -1.56. The van der Waals surface area contributed by atoms with Gasteiger partial charge in [-0.1, -0.05) is 0 Å². The lowest BCUT2D eigenvalue weighted by Crippen LogP contribution is -2.36. The summed E-state index contributed by atoms with van der Waals surface area (Å²) in [4.78, 5) is 12.7. The number of halogens is 3. The fourth-order valence-electron chi connectivity index (χ4n) is 2.21. The van der Waals surface area contributed by atoms with Crippen molar-refractivity contribution in [1.82, 2.24) is 0 Å². The summed E-state index contributed by atoms with van der Waals surface area (Å²) < 4.78 is 38.1. The van der Waals surface area contributed by atoms with Gasteiger partial charge in [-0.2, -0.15) is 13.2 Å². The van der Waals surface area contributed by atoms with Gasteiger partial charge in [-0.25, -0.2) is 0 Å². The summed E-state index contributed by atoms with van der Waals surface area (Å²) in [7, 11) is 0. The summed E-state index contributed by atoms with van der Waals surface area (Å²) in [5, 5.41) is 7.59. The molecule has 0 spiro atoms. The third-order valence-corrected chi connectivity index (χ3v) is 3.32. The first-order chi connectivity index (χ1) is 8.91. The van der Waals surface area contributed by atoms with Crippen LogP contribution in [0.2, 0.25) is 0 Å². The minimum Gasteiger partial charge on any atom is -0.443 e. The van der Waals surface area contributed by atoms with Crippen LogP contribution in [-0.4, -0.2) is 30.6 Å². The van der Waals surface area contributed by atoms with Crippen molar-refractivity contribution in [1.29, 1.82) is 0 Å². The van der Waals surface area contributed by atoms with Crippen LogP contribution in [0, 0.1) is 0 Å². The summed E-state index contributed by atoms with van der Waals surface area (Å²) in [5.74, 6) is 0. The fourth-order valence-corrected chi connectivity index (χ4v) is 2.21. The number of benzene rings is 1. The molecule has 19 heavy (non-hydrogen) atoms. The number of rotatable bonds is 2. The summed E-state index contributed by atoms with van der Waals surface area (Å²) in [6, 6.07) is 3.15. The van der Waals surface area contributed by atoms with Crippen LogP contribution in [0.3, 0.4) is 0 Å². The van der Waals surface area contributed by atoms with Crippen LogP contribution in [-0.2, 0) is 6.18 Å². The van der Waals surface area contributed by atoms with E-state index in [1.807, 2.05) is 0 Å². The molecule has 3 nitrogen and oxygen atoms in total. The average molecular weight is 274 g/mol. The van der Waals surface area contributed by atoms with E-state index in [9.17, 15) is 18.0 Å². The number of nitrogens with zero attached hydrogens (tertiary/aromatic N) is 1. The van der Waals surface area contributed by atoms with Crippen molar-refractivity contribution in [3.63, 3.8) is 0 Å². The minimum atomic E-state index is -4.41. The molecule has 0 atom stereocenters. The van der Waals surface area contributed by atoms with E-state index in [4.69, 9.17) is 5.11 Å². The van der Waals surface area contributed by atoms with E-state index in [1.165, 1.54) is 6.07 Å². The topological polar surface area (TPSA) is 43.2 Å². The van der Waals surface area contributed by atoms with Crippen molar-refractivity contribution in [3.05, 3.63) is 29.3 Å². The average Bonchev–Trinajstić information content (AvgIpc) is 2.38. The van der Waals surface area contributed by atoms with Crippen molar-refractivity contribution in [2.24, 2.45) is 0 Å². The second-order valence-electron chi connectivity index (χ2n) is 4.65. The number of carbonyl (C=O) groups is 1. The lowest BCUT2D eigenvalue weighted by Gasteiger charge is -2.31. The van der Waals surface area contributed by atoms with Gasteiger partial charge >= 0.3 is 6.18 Å². The highest BCUT2D eigenvalue weighted by Crippen LogP contribution is 2.33. The van der Waals surface area contributed by atoms with Gasteiger partial charge in [0.2, 0.25) is 0 Å². The van der Waals surface area contributed by atoms with E-state index in [0.29, 0.717) is 37.9 Å². The molecule has 1 aliphatic heterocycles. The van der Waals surface area contributed by atoms with Gasteiger partial charge in [0.25, 0.3) is 0 Å². The molecule has 1 aromatic rings. The molecule has 0 amide bonds. The smallest absolute Gasteiger partial charge is 0.416 e. The van der Waals surface area contributed by atoms with Gasteiger partial charge < -0.3 is 10.0 Å². The second kappa shape index (κ2) is 5.21. The number of anilines is 1. The van der Waals surface area contributed by atoms with Crippen LogP contribution in [0.1, 0.15) is 28.8 Å². The van der Waals surface area contributed by atoms with Gasteiger partial charge in [-0.3, -0.25) is 4.79 Å². The highest BCUT2D eigenvalue weighted by atomic mass is 19.4. The number of hydrogen-bond donors (Lipinski definition) is 0. The molecular formula is C13H15F3NO2+. The van der Waals surface area contributed by atoms with Gasteiger partial charge in [0.1, 0.15) is 0 Å². The number of piperidine rings is 1. The molecule has 6 heteroatoms. The molecule has 1 aliphatic rings. The van der Waals surface area contributed by atoms with Gasteiger partial charge in [-0.05, 0) is 18.2 Å². The van der Waals surface area contributed by atoms with Crippen molar-refractivity contribution >= 4 is 12.0 Å². The van der Waals surface area contributed by atoms with Gasteiger partial charge in [0.05, 0.1) is 5.56 Å². The molecule has 0 bridgehead atoms. The summed E-state index contributed by atoms with van der Waals surface area (Å²) in [5.41, 5.74) is -0.172. The maximum Gasteiger partial charge on any atom is 0.416 e. The van der Waals surface area contributed by atoms with E-state index in [2.05, 4.69) is 0 Å². The van der Waals surface area contributed by atoms with Crippen LogP contribution in [0.25, 0.3) is 0 Å². The highest BCUT2D eigenvalue weighted by Gasteiger charge is 2.32. The van der Waals surface area contributed by atoms with E-state index >= 15 is 0 Å². The maximum atomic E-state index is 12.7. The summed E-state index contributed by atoms with van der Waals surface area (Å²) >= 11 is 0. The monoisotopic (exact) mass is 274 g/mol. The van der Waals surface area contributed by atoms with E-state index in [0.717, 1.165) is 12.1 Å². The number of carbonyl (C=O) groups excluding carboxylic acids is 1. The third kappa shape index (κ3) is 3.07. The van der Waals surface area contributed by atoms with Gasteiger partial charge in [0.15, 0.2) is 12.4 Å². The number of hydrogen-bond acceptors (Lipinski definition) is 2. The first-order valence-corrected chi connectivity index (χ1v) is 6.04. The second-order valence-corrected chi connectivity index (χ2v) is 4.65. The number of aldehydes is 1. The van der Waals surface area contributed by atoms with Crippen LogP contribution in [0.4, 0.5) is 18.9 Å². The quantitative estimate of drug-likeness (QED) is 0.613. The van der Waals surface area contributed by atoms with E-state index in [1.54, 1.807) is 4.90 Å². The van der Waals surface area contributed by atoms with Crippen molar-refractivity contribution < 1.29 is 23.1 Å². The zero-order valence-electron chi connectivity index (χ0n) is 10.2. The molecule has 1 aromatic carbocycles. The van der Waals surface area contributed by atoms with Gasteiger partial charge in [-0.15, -0.1) is 0 Å². The molecule has 0 radical (unpaired) electrons. The zero-order valence-corrected chi connectivity index (χ0v) is 10.2. The summed E-state index contributed by atoms with van der Waals surface area (Å²) in [6.45, 7) is 1.02. The predicted molar refractivity (Wildman–Crippen MR) is 65.7 cm³/mol. The van der Waals surface area contributed by atoms with Crippen molar-refractivity contribution in [3.8, 4) is 0 Å². The SMILES string of the molecule is O=Cc1ccc(C(F)(F)F)cc1N1CCC([OH2+])CC1. The highest BCUT2D eigenvalue weighted by molar-refractivity contribution is 5.85. The molecule has 0 saturated carbocycles. The summed E-state index contributed by atoms with van der Waals surface area (Å²) in [6.07, 6.45) is -2.79. The molecule has 2 N–H and O–H groups in total. The van der Waals surface area contributed by atoms with Gasteiger partial charge in [0, 0.05) is 37.2 Å². The first kappa shape index (κ1) is 13.9. The van der Waals surface area contributed by atoms with Crippen LogP contribution >= 0.6 is 0 Å². The lowest BCUT2D eigenvalue weighted by atomic mass is 10.0. The Morgan fingerprint density at radius 2 is 1.89 bits per heavy atom. The van der Waals surface area contributed by atoms with Crippen LogP contribution < -0.4 is 4.90 Å². The Kier molecular flexibility index (Phi) is 3.80. The molecule has 0 unspecified atom stereocenters. The Morgan fingerprint density at radius 1 is 1.26 bits per heavy atom. The largest absolute Gasteiger partial charge is 0.443 e. The Bertz CT molecular complexity index is 465. The van der Waals surface area contributed by atoms with E-state index < -0.39 is 11.7 Å². The van der Waals surface area contributed by atoms with E-state index in [-0.39, 0.29) is 11.7 Å². The minimum absolute atomic E-state index is 0.165. The fraction of sp³-hybridized carbons (Fsp3) is 0.462. The first-order valence-electron chi connectivity index (χ1n) is 6.04.